The highest BCUT2D eigenvalue weighted by molar-refractivity contribution is 5.92. The lowest BCUT2D eigenvalue weighted by atomic mass is 10.1. The van der Waals surface area contributed by atoms with Crippen LogP contribution < -0.4 is 10.9 Å². The first-order valence-electron chi connectivity index (χ1n) is 8.45. The molecule has 0 radical (unpaired) electrons. The van der Waals surface area contributed by atoms with E-state index >= 15 is 0 Å². The molecule has 2 heterocycles. The molecule has 1 atom stereocenters. The van der Waals surface area contributed by atoms with E-state index in [1.807, 2.05) is 24.3 Å². The molecule has 0 saturated carbocycles. The number of fused-ring (bicyclic) bond motifs is 1. The molecule has 5 nitrogen and oxygen atoms in total. The van der Waals surface area contributed by atoms with Gasteiger partial charge in [-0.2, -0.15) is 0 Å². The predicted octanol–water partition coefficient (Wildman–Crippen LogP) is 2.14. The zero-order chi connectivity index (χ0) is 16.9. The van der Waals surface area contributed by atoms with Crippen molar-refractivity contribution in [2.24, 2.45) is 0 Å². The smallest absolute Gasteiger partial charge is 0.255 e. The second-order valence-electron chi connectivity index (χ2n) is 6.31. The maximum atomic E-state index is 12.0. The van der Waals surface area contributed by atoms with Crippen molar-refractivity contribution in [1.82, 2.24) is 15.2 Å². The van der Waals surface area contributed by atoms with Crippen LogP contribution in [-0.4, -0.2) is 41.5 Å². The van der Waals surface area contributed by atoms with Gasteiger partial charge in [0.15, 0.2) is 0 Å². The van der Waals surface area contributed by atoms with E-state index in [0.717, 1.165) is 24.0 Å². The van der Waals surface area contributed by atoms with Crippen molar-refractivity contribution >= 4 is 22.9 Å². The van der Waals surface area contributed by atoms with Gasteiger partial charge in [-0.25, -0.2) is 0 Å². The van der Waals surface area contributed by atoms with E-state index in [1.54, 1.807) is 12.1 Å². The Balaban J connectivity index is 1.61. The highest BCUT2D eigenvalue weighted by Gasteiger charge is 2.17. The summed E-state index contributed by atoms with van der Waals surface area (Å²) in [7, 11) is 0. The van der Waals surface area contributed by atoms with E-state index in [0.29, 0.717) is 18.2 Å². The van der Waals surface area contributed by atoms with Gasteiger partial charge in [-0.15, -0.1) is 0 Å². The first-order valence-corrected chi connectivity index (χ1v) is 8.45. The SMILES string of the molecule is CC(CNC(=O)/C=C/c1cc2ccccc2[nH]c1=O)N1CCCC1. The fourth-order valence-corrected chi connectivity index (χ4v) is 3.07. The van der Waals surface area contributed by atoms with E-state index in [4.69, 9.17) is 0 Å². The Morgan fingerprint density at radius 1 is 1.33 bits per heavy atom. The number of hydrogen-bond donors (Lipinski definition) is 2. The molecule has 126 valence electrons. The highest BCUT2D eigenvalue weighted by Crippen LogP contribution is 2.11. The van der Waals surface area contributed by atoms with Crippen LogP contribution in [0.3, 0.4) is 0 Å². The van der Waals surface area contributed by atoms with E-state index in [1.165, 1.54) is 18.9 Å². The summed E-state index contributed by atoms with van der Waals surface area (Å²) >= 11 is 0. The molecule has 0 aliphatic carbocycles. The van der Waals surface area contributed by atoms with Crippen molar-refractivity contribution in [3.05, 3.63) is 52.3 Å². The molecular weight excluding hydrogens is 302 g/mol. The lowest BCUT2D eigenvalue weighted by molar-refractivity contribution is -0.116. The minimum atomic E-state index is -0.191. The van der Waals surface area contributed by atoms with E-state index in [2.05, 4.69) is 22.1 Å². The summed E-state index contributed by atoms with van der Waals surface area (Å²) in [5.41, 5.74) is 1.09. The van der Waals surface area contributed by atoms with E-state index < -0.39 is 0 Å². The number of nitrogens with one attached hydrogen (secondary N) is 2. The molecule has 1 aromatic heterocycles. The molecule has 1 fully saturated rings. The lowest BCUT2D eigenvalue weighted by Crippen LogP contribution is -2.40. The van der Waals surface area contributed by atoms with Gasteiger partial charge in [-0.3, -0.25) is 14.5 Å². The van der Waals surface area contributed by atoms with Crippen molar-refractivity contribution in [3.63, 3.8) is 0 Å². The molecule has 1 saturated heterocycles. The Hall–Kier alpha value is -2.40. The average Bonchev–Trinajstić information content (AvgIpc) is 3.12. The molecule has 5 heteroatoms. The Morgan fingerprint density at radius 2 is 2.08 bits per heavy atom. The summed E-state index contributed by atoms with van der Waals surface area (Å²) < 4.78 is 0. The van der Waals surface area contributed by atoms with Gasteiger partial charge in [0.25, 0.3) is 5.56 Å². The zero-order valence-corrected chi connectivity index (χ0v) is 13.9. The molecule has 1 amide bonds. The largest absolute Gasteiger partial charge is 0.351 e. The number of pyridine rings is 1. The third-order valence-corrected chi connectivity index (χ3v) is 4.53. The highest BCUT2D eigenvalue weighted by atomic mass is 16.1. The summed E-state index contributed by atoms with van der Waals surface area (Å²) in [5.74, 6) is -0.173. The summed E-state index contributed by atoms with van der Waals surface area (Å²) in [6, 6.07) is 9.72. The number of amides is 1. The van der Waals surface area contributed by atoms with Crippen molar-refractivity contribution < 1.29 is 4.79 Å². The van der Waals surface area contributed by atoms with Gasteiger partial charge in [0.2, 0.25) is 5.91 Å². The van der Waals surface area contributed by atoms with Gasteiger partial charge in [-0.05, 0) is 56.4 Å². The molecule has 24 heavy (non-hydrogen) atoms. The maximum Gasteiger partial charge on any atom is 0.255 e. The Bertz CT molecular complexity index is 804. The quantitative estimate of drug-likeness (QED) is 0.828. The first-order chi connectivity index (χ1) is 11.6. The number of rotatable bonds is 5. The molecule has 1 aromatic carbocycles. The third kappa shape index (κ3) is 3.92. The summed E-state index contributed by atoms with van der Waals surface area (Å²) in [5, 5.41) is 3.85. The standard InChI is InChI=1S/C19H23N3O2/c1-14(22-10-4-5-11-22)13-20-18(23)9-8-16-12-15-6-2-3-7-17(15)21-19(16)24/h2-3,6-9,12,14H,4-5,10-11,13H2,1H3,(H,20,23)(H,21,24)/b9-8+. The summed E-state index contributed by atoms with van der Waals surface area (Å²) in [4.78, 5) is 29.2. The lowest BCUT2D eigenvalue weighted by Gasteiger charge is -2.23. The topological polar surface area (TPSA) is 65.2 Å². The van der Waals surface area contributed by atoms with Gasteiger partial charge in [0.1, 0.15) is 0 Å². The number of benzene rings is 1. The number of nitrogens with zero attached hydrogens (tertiary/aromatic N) is 1. The van der Waals surface area contributed by atoms with Crippen LogP contribution in [0.5, 0.6) is 0 Å². The zero-order valence-electron chi connectivity index (χ0n) is 13.9. The van der Waals surface area contributed by atoms with Crippen LogP contribution in [-0.2, 0) is 4.79 Å². The Labute approximate surface area is 141 Å². The van der Waals surface area contributed by atoms with Crippen LogP contribution in [0.25, 0.3) is 17.0 Å². The van der Waals surface area contributed by atoms with E-state index in [-0.39, 0.29) is 11.5 Å². The fourth-order valence-electron chi connectivity index (χ4n) is 3.07. The fraction of sp³-hybridized carbons (Fsp3) is 0.368. The number of likely N-dealkylation sites (tertiary alicyclic amines) is 1. The van der Waals surface area contributed by atoms with Crippen molar-refractivity contribution in [2.45, 2.75) is 25.8 Å². The minimum Gasteiger partial charge on any atom is -0.351 e. The number of H-pyrrole nitrogens is 1. The average molecular weight is 325 g/mol. The molecule has 2 N–H and O–H groups in total. The second-order valence-corrected chi connectivity index (χ2v) is 6.31. The number of carbonyl (C=O) groups is 1. The minimum absolute atomic E-state index is 0.173. The van der Waals surface area contributed by atoms with Gasteiger partial charge < -0.3 is 10.3 Å². The van der Waals surface area contributed by atoms with Gasteiger partial charge in [0.05, 0.1) is 0 Å². The van der Waals surface area contributed by atoms with Crippen molar-refractivity contribution in [1.29, 1.82) is 0 Å². The second kappa shape index (κ2) is 7.45. The van der Waals surface area contributed by atoms with Crippen LogP contribution in [0, 0.1) is 0 Å². The molecular formula is C19H23N3O2. The van der Waals surface area contributed by atoms with Crippen molar-refractivity contribution in [3.8, 4) is 0 Å². The van der Waals surface area contributed by atoms with Gasteiger partial charge >= 0.3 is 0 Å². The molecule has 1 aliphatic rings. The Kier molecular flexibility index (Phi) is 5.11. The number of aromatic nitrogens is 1. The third-order valence-electron chi connectivity index (χ3n) is 4.53. The maximum absolute atomic E-state index is 12.0. The number of aromatic amines is 1. The monoisotopic (exact) mass is 325 g/mol. The first kappa shape index (κ1) is 16.5. The van der Waals surface area contributed by atoms with Crippen molar-refractivity contribution in [2.75, 3.05) is 19.6 Å². The number of carbonyl (C=O) groups excluding carboxylic acids is 1. The van der Waals surface area contributed by atoms with Gasteiger partial charge in [-0.1, -0.05) is 18.2 Å². The summed E-state index contributed by atoms with van der Waals surface area (Å²) in [6.07, 6.45) is 5.48. The van der Waals surface area contributed by atoms with Crippen LogP contribution in [0.15, 0.2) is 41.2 Å². The molecule has 2 aromatic rings. The molecule has 3 rings (SSSR count). The number of para-hydroxylation sites is 1. The predicted molar refractivity (Wildman–Crippen MR) is 96.9 cm³/mol. The van der Waals surface area contributed by atoms with Gasteiger partial charge in [0, 0.05) is 29.7 Å². The number of hydrogen-bond acceptors (Lipinski definition) is 3. The molecule has 0 bridgehead atoms. The Morgan fingerprint density at radius 3 is 2.88 bits per heavy atom. The molecule has 1 unspecified atom stereocenters. The van der Waals surface area contributed by atoms with Crippen LogP contribution in [0.4, 0.5) is 0 Å². The van der Waals surface area contributed by atoms with Crippen LogP contribution >= 0.6 is 0 Å². The normalized spacial score (nSPS) is 16.7. The van der Waals surface area contributed by atoms with Crippen LogP contribution in [0.2, 0.25) is 0 Å². The molecule has 0 spiro atoms. The van der Waals surface area contributed by atoms with E-state index in [9.17, 15) is 9.59 Å². The van der Waals surface area contributed by atoms with Crippen LogP contribution in [0.1, 0.15) is 25.3 Å². The molecule has 1 aliphatic heterocycles. The summed E-state index contributed by atoms with van der Waals surface area (Å²) in [6.45, 7) is 4.97.